The standard InChI is InChI=1S/C24H28ClN3O4.C7H4ClNO/c1-15-21(31-13-11-18-4-2-3-12-26-18)10-5-16-14-20(23(29)32-22(15)16)28-24(30)27-19-8-6-17(25)7-9-19;8-6-1-3-7(4-2-6)9-5-10/h5-10,18,20,26H,2-4,11-14H2,1H3,(H2,27,28,30);1-4H. The summed E-state index contributed by atoms with van der Waals surface area (Å²) in [5.74, 6) is 0.758. The van der Waals surface area contributed by atoms with Gasteiger partial charge in [0.05, 0.1) is 12.3 Å². The summed E-state index contributed by atoms with van der Waals surface area (Å²) in [6.07, 6.45) is 6.43. The second kappa shape index (κ2) is 15.4. The van der Waals surface area contributed by atoms with E-state index in [9.17, 15) is 14.4 Å². The van der Waals surface area contributed by atoms with Gasteiger partial charge in [-0.05, 0) is 92.9 Å². The number of amides is 2. The number of fused-ring (bicyclic) bond motifs is 1. The summed E-state index contributed by atoms with van der Waals surface area (Å²) >= 11 is 11.4. The first kappa shape index (κ1) is 31.1. The minimum absolute atomic E-state index is 0.356. The Kier molecular flexibility index (Phi) is 11.4. The van der Waals surface area contributed by atoms with Crippen LogP contribution in [-0.4, -0.2) is 43.3 Å². The van der Waals surface area contributed by atoms with Crippen LogP contribution < -0.4 is 25.4 Å². The smallest absolute Gasteiger partial charge is 0.334 e. The number of hydrogen-bond acceptors (Lipinski definition) is 7. The fraction of sp³-hybridized carbons (Fsp3) is 0.323. The lowest BCUT2D eigenvalue weighted by Crippen LogP contribution is -2.48. The van der Waals surface area contributed by atoms with Gasteiger partial charge in [-0.2, -0.15) is 4.99 Å². The van der Waals surface area contributed by atoms with Crippen molar-refractivity contribution in [3.63, 3.8) is 0 Å². The molecule has 11 heteroatoms. The summed E-state index contributed by atoms with van der Waals surface area (Å²) in [5.41, 5.74) is 2.81. The number of halogens is 2. The average molecular weight is 612 g/mol. The molecule has 0 spiro atoms. The van der Waals surface area contributed by atoms with E-state index in [-0.39, 0.29) is 0 Å². The highest BCUT2D eigenvalue weighted by molar-refractivity contribution is 6.30. The number of ether oxygens (including phenoxy) is 2. The molecule has 2 unspecified atom stereocenters. The first-order chi connectivity index (χ1) is 20.3. The lowest BCUT2D eigenvalue weighted by atomic mass is 9.99. The maximum Gasteiger partial charge on any atom is 0.334 e. The number of carbonyl (C=O) groups excluding carboxylic acids is 3. The number of benzene rings is 3. The number of rotatable bonds is 7. The molecule has 1 fully saturated rings. The van der Waals surface area contributed by atoms with Gasteiger partial charge in [0.1, 0.15) is 17.5 Å². The Morgan fingerprint density at radius 1 is 1.07 bits per heavy atom. The van der Waals surface area contributed by atoms with Gasteiger partial charge in [-0.15, -0.1) is 0 Å². The molecule has 3 aromatic carbocycles. The van der Waals surface area contributed by atoms with Crippen LogP contribution in [0.25, 0.3) is 0 Å². The fourth-order valence-corrected chi connectivity index (χ4v) is 4.93. The quantitative estimate of drug-likeness (QED) is 0.121. The first-order valence-corrected chi connectivity index (χ1v) is 14.4. The Balaban J connectivity index is 0.000000343. The van der Waals surface area contributed by atoms with Crippen LogP contribution >= 0.6 is 23.2 Å². The van der Waals surface area contributed by atoms with E-state index in [0.717, 1.165) is 29.8 Å². The molecule has 3 aromatic rings. The van der Waals surface area contributed by atoms with Gasteiger partial charge in [0.2, 0.25) is 6.08 Å². The molecule has 0 aromatic heterocycles. The van der Waals surface area contributed by atoms with E-state index in [1.807, 2.05) is 19.1 Å². The summed E-state index contributed by atoms with van der Waals surface area (Å²) < 4.78 is 11.6. The van der Waals surface area contributed by atoms with E-state index in [1.165, 1.54) is 25.3 Å². The third-order valence-electron chi connectivity index (χ3n) is 6.89. The minimum atomic E-state index is -0.765. The maximum atomic E-state index is 12.5. The van der Waals surface area contributed by atoms with Crippen molar-refractivity contribution in [2.45, 2.75) is 51.1 Å². The van der Waals surface area contributed by atoms with Crippen molar-refractivity contribution in [2.24, 2.45) is 4.99 Å². The maximum absolute atomic E-state index is 12.5. The highest BCUT2D eigenvalue weighted by Crippen LogP contribution is 2.35. The van der Waals surface area contributed by atoms with Crippen molar-refractivity contribution in [3.05, 3.63) is 81.8 Å². The molecule has 2 aliphatic rings. The third-order valence-corrected chi connectivity index (χ3v) is 7.40. The van der Waals surface area contributed by atoms with Gasteiger partial charge in [0.25, 0.3) is 0 Å². The monoisotopic (exact) mass is 610 g/mol. The van der Waals surface area contributed by atoms with Crippen molar-refractivity contribution in [1.82, 2.24) is 10.6 Å². The Morgan fingerprint density at radius 3 is 2.45 bits per heavy atom. The normalized spacial score (nSPS) is 17.4. The highest BCUT2D eigenvalue weighted by atomic mass is 35.5. The van der Waals surface area contributed by atoms with E-state index in [4.69, 9.17) is 32.7 Å². The number of carbonyl (C=O) groups is 2. The van der Waals surface area contributed by atoms with Gasteiger partial charge in [-0.1, -0.05) is 35.7 Å². The van der Waals surface area contributed by atoms with Crippen molar-refractivity contribution in [2.75, 3.05) is 18.5 Å². The Morgan fingerprint density at radius 2 is 1.79 bits per heavy atom. The molecular weight excluding hydrogens is 579 g/mol. The third kappa shape index (κ3) is 9.06. The molecule has 3 N–H and O–H groups in total. The molecule has 2 amide bonds. The second-order valence-corrected chi connectivity index (χ2v) is 10.8. The second-order valence-electron chi connectivity index (χ2n) is 9.92. The summed E-state index contributed by atoms with van der Waals surface area (Å²) in [7, 11) is 0. The molecule has 0 radical (unpaired) electrons. The topological polar surface area (TPSA) is 118 Å². The Labute approximate surface area is 254 Å². The molecule has 2 atom stereocenters. The number of aliphatic imine (C=N–C) groups is 1. The Hall–Kier alpha value is -3.88. The van der Waals surface area contributed by atoms with Crippen molar-refractivity contribution >= 4 is 52.7 Å². The lowest BCUT2D eigenvalue weighted by Gasteiger charge is -2.27. The number of nitrogens with zero attached hydrogens (tertiary/aromatic N) is 1. The van der Waals surface area contributed by atoms with Crippen LogP contribution in [0.3, 0.4) is 0 Å². The molecule has 0 aliphatic carbocycles. The van der Waals surface area contributed by atoms with E-state index in [0.29, 0.717) is 46.2 Å². The predicted octanol–water partition coefficient (Wildman–Crippen LogP) is 6.52. The molecule has 2 heterocycles. The SMILES string of the molecule is Cc1c(OCCC2CCCCN2)ccc2c1OC(=O)C(NC(=O)Nc1ccc(Cl)cc1)C2.O=C=Nc1ccc(Cl)cc1. The number of hydrogen-bond donors (Lipinski definition) is 3. The predicted molar refractivity (Wildman–Crippen MR) is 163 cm³/mol. The van der Waals surface area contributed by atoms with Gasteiger partial charge in [-0.25, -0.2) is 14.4 Å². The molecular formula is C31H32Cl2N4O5. The minimum Gasteiger partial charge on any atom is -0.493 e. The molecule has 0 bridgehead atoms. The van der Waals surface area contributed by atoms with E-state index in [2.05, 4.69) is 20.9 Å². The van der Waals surface area contributed by atoms with Gasteiger partial charge >= 0.3 is 12.0 Å². The number of anilines is 1. The summed E-state index contributed by atoms with van der Waals surface area (Å²) in [6.45, 7) is 3.58. The molecule has 220 valence electrons. The van der Waals surface area contributed by atoms with Crippen LogP contribution in [0.5, 0.6) is 11.5 Å². The van der Waals surface area contributed by atoms with Crippen LogP contribution in [0.2, 0.25) is 10.0 Å². The molecule has 1 saturated heterocycles. The van der Waals surface area contributed by atoms with Gasteiger partial charge in [0, 0.05) is 33.8 Å². The largest absolute Gasteiger partial charge is 0.493 e. The average Bonchev–Trinajstić information content (AvgIpc) is 2.99. The summed E-state index contributed by atoms with van der Waals surface area (Å²) in [4.78, 5) is 38.0. The van der Waals surface area contributed by atoms with Crippen LogP contribution in [0.1, 0.15) is 36.8 Å². The highest BCUT2D eigenvalue weighted by Gasteiger charge is 2.31. The van der Waals surface area contributed by atoms with Crippen LogP contribution in [0.4, 0.5) is 16.2 Å². The zero-order chi connectivity index (χ0) is 29.9. The Bertz CT molecular complexity index is 1420. The van der Waals surface area contributed by atoms with E-state index in [1.54, 1.807) is 48.5 Å². The molecule has 42 heavy (non-hydrogen) atoms. The van der Waals surface area contributed by atoms with Crippen molar-refractivity contribution < 1.29 is 23.9 Å². The molecule has 2 aliphatic heterocycles. The molecule has 0 saturated carbocycles. The fourth-order valence-electron chi connectivity index (χ4n) is 4.68. The number of isocyanates is 1. The molecule has 9 nitrogen and oxygen atoms in total. The van der Waals surface area contributed by atoms with Crippen LogP contribution in [-0.2, 0) is 16.0 Å². The first-order valence-electron chi connectivity index (χ1n) is 13.7. The number of urea groups is 1. The number of piperidine rings is 1. The summed E-state index contributed by atoms with van der Waals surface area (Å²) in [6, 6.07) is 16.4. The lowest BCUT2D eigenvalue weighted by molar-refractivity contribution is -0.137. The molecule has 5 rings (SSSR count). The zero-order valence-electron chi connectivity index (χ0n) is 23.1. The van der Waals surface area contributed by atoms with Crippen LogP contribution in [0.15, 0.2) is 65.7 Å². The van der Waals surface area contributed by atoms with E-state index < -0.39 is 18.0 Å². The van der Waals surface area contributed by atoms with Gasteiger partial charge in [0.15, 0.2) is 0 Å². The number of nitrogens with one attached hydrogen (secondary N) is 3. The summed E-state index contributed by atoms with van der Waals surface area (Å²) in [5, 5.41) is 10.1. The number of esters is 1. The van der Waals surface area contributed by atoms with Crippen molar-refractivity contribution in [1.29, 1.82) is 0 Å². The van der Waals surface area contributed by atoms with Crippen molar-refractivity contribution in [3.8, 4) is 11.5 Å². The van der Waals surface area contributed by atoms with Gasteiger partial charge < -0.3 is 25.4 Å². The van der Waals surface area contributed by atoms with E-state index >= 15 is 0 Å². The van der Waals surface area contributed by atoms with Gasteiger partial charge in [-0.3, -0.25) is 0 Å². The zero-order valence-corrected chi connectivity index (χ0v) is 24.6. The van der Waals surface area contributed by atoms with Crippen LogP contribution in [0, 0.1) is 6.92 Å².